The Bertz CT molecular complexity index is 2530. The van der Waals surface area contributed by atoms with Crippen molar-refractivity contribution in [2.45, 2.75) is 39.1 Å². The molecule has 0 fully saturated rings. The van der Waals surface area contributed by atoms with E-state index in [2.05, 4.69) is 108 Å². The van der Waals surface area contributed by atoms with Crippen molar-refractivity contribution < 1.29 is 10.2 Å². The normalized spacial score (nSPS) is 13.1. The van der Waals surface area contributed by atoms with Crippen molar-refractivity contribution in [3.8, 4) is 0 Å². The molecule has 0 saturated carbocycles. The van der Waals surface area contributed by atoms with Gasteiger partial charge >= 0.3 is 0 Å². The first kappa shape index (κ1) is 41.2. The molecule has 2 unspecified atom stereocenters. The van der Waals surface area contributed by atoms with Crippen LogP contribution in [0, 0.1) is 0 Å². The predicted molar refractivity (Wildman–Crippen MR) is 260 cm³/mol. The number of hydrogen-bond acceptors (Lipinski definition) is 8. The Labute approximate surface area is 360 Å². The molecule has 0 aliphatic carbocycles. The van der Waals surface area contributed by atoms with E-state index in [0.717, 1.165) is 47.1 Å². The first-order valence-corrected chi connectivity index (χ1v) is 23.1. The SMILES string of the molecule is CCn1c2ccccc2c2cc(/C=N/N(CC(O)CSCCSCC(O)CN(/N=C/c3ccc4c(c3)c3ccccc3n4CC)c3ccccc3)c3ccccc3)ccc21. The molecule has 0 amide bonds. The minimum atomic E-state index is -0.573. The van der Waals surface area contributed by atoms with Crippen molar-refractivity contribution in [1.82, 2.24) is 9.13 Å². The van der Waals surface area contributed by atoms with Crippen LogP contribution in [0.1, 0.15) is 25.0 Å². The lowest BCUT2D eigenvalue weighted by Gasteiger charge is -2.23. The second-order valence-corrected chi connectivity index (χ2v) is 17.2. The number of rotatable bonds is 19. The van der Waals surface area contributed by atoms with Gasteiger partial charge in [0.15, 0.2) is 0 Å². The van der Waals surface area contributed by atoms with Gasteiger partial charge in [0.2, 0.25) is 0 Å². The summed E-state index contributed by atoms with van der Waals surface area (Å²) >= 11 is 3.45. The summed E-state index contributed by atoms with van der Waals surface area (Å²) in [5.41, 5.74) is 8.80. The summed E-state index contributed by atoms with van der Waals surface area (Å²) in [5.74, 6) is 2.91. The topological polar surface area (TPSA) is 81.5 Å². The number of aromatic nitrogens is 2. The quantitative estimate of drug-likeness (QED) is 0.0480. The third-order valence-electron chi connectivity index (χ3n) is 10.8. The van der Waals surface area contributed by atoms with E-state index in [1.807, 2.05) is 83.1 Å². The number of thioether (sulfide) groups is 2. The third kappa shape index (κ3) is 9.42. The first-order chi connectivity index (χ1) is 29.5. The van der Waals surface area contributed by atoms with Gasteiger partial charge in [0.1, 0.15) is 0 Å². The molecule has 0 aliphatic rings. The second-order valence-electron chi connectivity index (χ2n) is 14.9. The fourth-order valence-electron chi connectivity index (χ4n) is 7.96. The minimum Gasteiger partial charge on any atom is -0.390 e. The number of fused-ring (bicyclic) bond motifs is 6. The zero-order valence-corrected chi connectivity index (χ0v) is 35.8. The maximum absolute atomic E-state index is 11.2. The zero-order valence-electron chi connectivity index (χ0n) is 34.2. The minimum absolute atomic E-state index is 0.378. The molecule has 2 N–H and O–H groups in total. The highest BCUT2D eigenvalue weighted by atomic mass is 32.2. The number of anilines is 2. The number of hydrazone groups is 2. The van der Waals surface area contributed by atoms with Gasteiger partial charge in [-0.3, -0.25) is 10.0 Å². The van der Waals surface area contributed by atoms with E-state index in [0.29, 0.717) is 24.6 Å². The molecule has 8 rings (SSSR count). The molecule has 8 nitrogen and oxygen atoms in total. The summed E-state index contributed by atoms with van der Waals surface area (Å²) < 4.78 is 4.70. The van der Waals surface area contributed by atoms with Gasteiger partial charge in [-0.15, -0.1) is 0 Å². The van der Waals surface area contributed by atoms with Crippen LogP contribution in [0.25, 0.3) is 43.6 Å². The lowest BCUT2D eigenvalue weighted by molar-refractivity contribution is 0.204. The Kier molecular flexibility index (Phi) is 13.5. The highest BCUT2D eigenvalue weighted by molar-refractivity contribution is 8.02. The molecule has 0 aliphatic heterocycles. The highest BCUT2D eigenvalue weighted by Crippen LogP contribution is 2.31. The largest absolute Gasteiger partial charge is 0.390 e. The molecule has 6 aromatic carbocycles. The van der Waals surface area contributed by atoms with Gasteiger partial charge in [0, 0.05) is 79.7 Å². The summed E-state index contributed by atoms with van der Waals surface area (Å²) in [6.45, 7) is 6.93. The van der Waals surface area contributed by atoms with Gasteiger partial charge in [-0.25, -0.2) is 0 Å². The number of para-hydroxylation sites is 4. The Hall–Kier alpha value is -5.52. The highest BCUT2D eigenvalue weighted by Gasteiger charge is 2.16. The van der Waals surface area contributed by atoms with Crippen LogP contribution in [0.4, 0.5) is 11.4 Å². The van der Waals surface area contributed by atoms with E-state index in [1.165, 1.54) is 43.6 Å². The molecule has 2 atom stereocenters. The van der Waals surface area contributed by atoms with E-state index in [4.69, 9.17) is 10.2 Å². The summed E-state index contributed by atoms with van der Waals surface area (Å²) in [7, 11) is 0. The van der Waals surface area contributed by atoms with Crippen molar-refractivity contribution >= 4 is 90.9 Å². The van der Waals surface area contributed by atoms with Crippen molar-refractivity contribution in [2.24, 2.45) is 10.2 Å². The fraction of sp³-hybridized carbons (Fsp3) is 0.240. The smallest absolute Gasteiger partial charge is 0.0826 e. The van der Waals surface area contributed by atoms with Crippen LogP contribution in [0.2, 0.25) is 0 Å². The first-order valence-electron chi connectivity index (χ1n) is 20.8. The third-order valence-corrected chi connectivity index (χ3v) is 13.3. The Balaban J connectivity index is 0.837. The number of nitrogens with zero attached hydrogens (tertiary/aromatic N) is 6. The molecule has 60 heavy (non-hydrogen) atoms. The molecule has 10 heteroatoms. The van der Waals surface area contributed by atoms with E-state index in [-0.39, 0.29) is 0 Å². The predicted octanol–water partition coefficient (Wildman–Crippen LogP) is 10.5. The summed E-state index contributed by atoms with van der Waals surface area (Å²) in [5, 5.41) is 40.8. The van der Waals surface area contributed by atoms with Crippen LogP contribution in [-0.2, 0) is 13.1 Å². The molecular formula is C50H52N6O2S2. The number of benzene rings is 6. The van der Waals surface area contributed by atoms with Crippen LogP contribution in [0.3, 0.4) is 0 Å². The molecule has 0 radical (unpaired) electrons. The average Bonchev–Trinajstić information content (AvgIpc) is 3.79. The Morgan fingerprint density at radius 3 is 1.30 bits per heavy atom. The van der Waals surface area contributed by atoms with E-state index in [1.54, 1.807) is 23.5 Å². The van der Waals surface area contributed by atoms with Crippen molar-refractivity contribution in [3.05, 3.63) is 157 Å². The molecule has 2 aromatic heterocycles. The number of aliphatic hydroxyl groups excluding tert-OH is 2. The standard InChI is InChI=1S/C50H52N6O2S2/c1-3-53-47-21-13-11-19-43(47)45-29-37(23-25-49(45)53)31-51-55(39-15-7-5-8-16-39)33-41(57)35-59-27-28-60-36-42(58)34-56(40-17-9-6-10-18-40)52-32-38-24-26-50-46(30-38)44-20-12-14-22-48(44)54(50)4-2/h5-26,29-32,41-42,57-58H,3-4,27-28,33-36H2,1-2H3/b51-31+,52-32+. The van der Waals surface area contributed by atoms with Crippen LogP contribution < -0.4 is 10.0 Å². The lowest BCUT2D eigenvalue weighted by atomic mass is 10.1. The van der Waals surface area contributed by atoms with Crippen molar-refractivity contribution in [1.29, 1.82) is 0 Å². The fourth-order valence-corrected chi connectivity index (χ4v) is 9.99. The molecule has 8 aromatic rings. The monoisotopic (exact) mass is 832 g/mol. The lowest BCUT2D eigenvalue weighted by Crippen LogP contribution is -2.30. The summed E-state index contributed by atoms with van der Waals surface area (Å²) in [4.78, 5) is 0. The number of aliphatic hydroxyl groups is 2. The molecule has 0 saturated heterocycles. The maximum Gasteiger partial charge on any atom is 0.0826 e. The zero-order chi connectivity index (χ0) is 41.3. The molecule has 306 valence electrons. The Morgan fingerprint density at radius 1 is 0.500 bits per heavy atom. The number of aryl methyl sites for hydroxylation is 2. The van der Waals surface area contributed by atoms with Crippen molar-refractivity contribution in [3.63, 3.8) is 0 Å². The van der Waals surface area contributed by atoms with Crippen LogP contribution >= 0.6 is 23.5 Å². The Morgan fingerprint density at radius 2 is 0.883 bits per heavy atom. The molecule has 0 spiro atoms. The van der Waals surface area contributed by atoms with Crippen molar-refractivity contribution in [2.75, 3.05) is 46.1 Å². The van der Waals surface area contributed by atoms with Gasteiger partial charge in [-0.05, 0) is 85.6 Å². The van der Waals surface area contributed by atoms with E-state index < -0.39 is 12.2 Å². The van der Waals surface area contributed by atoms with Gasteiger partial charge < -0.3 is 19.3 Å². The van der Waals surface area contributed by atoms with Crippen LogP contribution in [0.15, 0.2) is 156 Å². The van der Waals surface area contributed by atoms with Gasteiger partial charge in [0.05, 0.1) is 49.1 Å². The van der Waals surface area contributed by atoms with Gasteiger partial charge in [0.25, 0.3) is 0 Å². The average molecular weight is 833 g/mol. The summed E-state index contributed by atoms with van der Waals surface area (Å²) in [6, 6.07) is 50.1. The number of hydrogen-bond donors (Lipinski definition) is 2. The van der Waals surface area contributed by atoms with E-state index >= 15 is 0 Å². The van der Waals surface area contributed by atoms with Crippen LogP contribution in [-0.4, -0.2) is 80.1 Å². The van der Waals surface area contributed by atoms with Gasteiger partial charge in [-0.1, -0.05) is 84.9 Å². The maximum atomic E-state index is 11.2. The van der Waals surface area contributed by atoms with Gasteiger partial charge in [-0.2, -0.15) is 33.7 Å². The summed E-state index contributed by atoms with van der Waals surface area (Å²) in [6.07, 6.45) is 2.64. The second kappa shape index (κ2) is 19.7. The molecule has 2 heterocycles. The molecular weight excluding hydrogens is 781 g/mol. The van der Waals surface area contributed by atoms with E-state index in [9.17, 15) is 10.2 Å². The molecule has 0 bridgehead atoms. The van der Waals surface area contributed by atoms with Crippen LogP contribution in [0.5, 0.6) is 0 Å².